The van der Waals surface area contributed by atoms with E-state index in [0.717, 1.165) is 17.7 Å². The molecule has 2 heterocycles. The number of anilines is 3. The molecule has 10 heteroatoms. The number of nitro groups is 1. The van der Waals surface area contributed by atoms with Gasteiger partial charge in [-0.05, 0) is 32.0 Å². The third kappa shape index (κ3) is 3.80. The third-order valence-corrected chi connectivity index (χ3v) is 3.30. The van der Waals surface area contributed by atoms with Crippen LogP contribution in [0.5, 0.6) is 11.8 Å². The molecule has 0 fully saturated rings. The Kier molecular flexibility index (Phi) is 4.56. The van der Waals surface area contributed by atoms with Gasteiger partial charge >= 0.3 is 11.7 Å². The average molecular weight is 353 g/mol. The number of rotatable bonds is 5. The van der Waals surface area contributed by atoms with Crippen LogP contribution in [-0.2, 0) is 0 Å². The van der Waals surface area contributed by atoms with E-state index in [9.17, 15) is 10.1 Å². The predicted molar refractivity (Wildman–Crippen MR) is 94.4 cm³/mol. The molecule has 2 aromatic heterocycles. The molecule has 3 N–H and O–H groups in total. The number of nitrogens with zero attached hydrogens (tertiary/aromatic N) is 5. The smallest absolute Gasteiger partial charge is 0.353 e. The lowest BCUT2D eigenvalue weighted by Crippen LogP contribution is -2.05. The van der Waals surface area contributed by atoms with Crippen LogP contribution in [0.15, 0.2) is 36.7 Å². The molecule has 0 atom stereocenters. The van der Waals surface area contributed by atoms with Gasteiger partial charge in [-0.15, -0.1) is 0 Å². The van der Waals surface area contributed by atoms with Crippen LogP contribution in [0.25, 0.3) is 0 Å². The quantitative estimate of drug-likeness (QED) is 0.522. The number of hydrogen-bond acceptors (Lipinski definition) is 9. The van der Waals surface area contributed by atoms with Gasteiger partial charge < -0.3 is 15.8 Å². The highest BCUT2D eigenvalue weighted by atomic mass is 16.6. The van der Waals surface area contributed by atoms with Crippen molar-refractivity contribution in [2.45, 2.75) is 13.8 Å². The molecule has 0 spiro atoms. The van der Waals surface area contributed by atoms with Gasteiger partial charge in [0.2, 0.25) is 11.6 Å². The first-order valence-corrected chi connectivity index (χ1v) is 7.54. The zero-order valence-corrected chi connectivity index (χ0v) is 14.0. The maximum Gasteiger partial charge on any atom is 0.353 e. The van der Waals surface area contributed by atoms with Crippen LogP contribution in [-0.4, -0.2) is 24.9 Å². The van der Waals surface area contributed by atoms with Crippen molar-refractivity contribution in [2.75, 3.05) is 11.1 Å². The minimum absolute atomic E-state index is 0.0118. The number of nitrogens with one attached hydrogen (secondary N) is 1. The molecular weight excluding hydrogens is 338 g/mol. The van der Waals surface area contributed by atoms with Gasteiger partial charge in [0.25, 0.3) is 0 Å². The number of benzene rings is 1. The molecule has 3 aromatic rings. The van der Waals surface area contributed by atoms with E-state index in [2.05, 4.69) is 25.3 Å². The summed E-state index contributed by atoms with van der Waals surface area (Å²) in [7, 11) is 0. The third-order valence-electron chi connectivity index (χ3n) is 3.30. The van der Waals surface area contributed by atoms with E-state index in [4.69, 9.17) is 10.5 Å². The number of nitrogens with two attached hydrogens (primary N) is 1. The normalized spacial score (nSPS) is 10.4. The molecule has 1 aromatic carbocycles. The monoisotopic (exact) mass is 353 g/mol. The molecule has 26 heavy (non-hydrogen) atoms. The molecule has 0 unspecified atom stereocenters. The van der Waals surface area contributed by atoms with Gasteiger partial charge in [0.05, 0.1) is 4.92 Å². The summed E-state index contributed by atoms with van der Waals surface area (Å²) in [5, 5.41) is 14.0. The molecule has 0 aliphatic rings. The summed E-state index contributed by atoms with van der Waals surface area (Å²) in [5.74, 6) is 0.232. The summed E-state index contributed by atoms with van der Waals surface area (Å²) in [5.41, 5.74) is 7.26. The molecule has 0 saturated heterocycles. The van der Waals surface area contributed by atoms with Crippen molar-refractivity contribution in [1.29, 1.82) is 0 Å². The van der Waals surface area contributed by atoms with Crippen LogP contribution >= 0.6 is 0 Å². The fourth-order valence-corrected chi connectivity index (χ4v) is 2.28. The van der Waals surface area contributed by atoms with Gasteiger partial charge in [0, 0.05) is 23.1 Å². The standard InChI is InChI=1S/C16H15N7O3/c1-9-6-10(2)21-16(20-9)26-12-5-3-4-11(7-12)22-15-13(23(24)25)14(17)18-8-19-15/h3-8H,1-2H3,(H3,17,18,19,22). The first kappa shape index (κ1) is 17.0. The minimum Gasteiger partial charge on any atom is -0.424 e. The average Bonchev–Trinajstić information content (AvgIpc) is 2.54. The van der Waals surface area contributed by atoms with Crippen molar-refractivity contribution in [1.82, 2.24) is 19.9 Å². The summed E-state index contributed by atoms with van der Waals surface area (Å²) in [6, 6.07) is 8.84. The van der Waals surface area contributed by atoms with Gasteiger partial charge in [-0.1, -0.05) is 6.07 Å². The minimum atomic E-state index is -0.638. The van der Waals surface area contributed by atoms with Crippen molar-refractivity contribution in [2.24, 2.45) is 0 Å². The lowest BCUT2D eigenvalue weighted by atomic mass is 10.3. The van der Waals surface area contributed by atoms with Crippen molar-refractivity contribution in [3.8, 4) is 11.8 Å². The number of hydrogen-bond donors (Lipinski definition) is 2. The largest absolute Gasteiger partial charge is 0.424 e. The zero-order valence-electron chi connectivity index (χ0n) is 14.0. The van der Waals surface area contributed by atoms with Crippen molar-refractivity contribution in [3.05, 3.63) is 58.2 Å². The molecule has 0 amide bonds. The van der Waals surface area contributed by atoms with Gasteiger partial charge in [-0.3, -0.25) is 10.1 Å². The zero-order chi connectivity index (χ0) is 18.7. The lowest BCUT2D eigenvalue weighted by Gasteiger charge is -2.09. The number of nitrogen functional groups attached to an aromatic ring is 1. The van der Waals surface area contributed by atoms with E-state index in [1.807, 2.05) is 19.9 Å². The van der Waals surface area contributed by atoms with Crippen LogP contribution in [0.4, 0.5) is 23.0 Å². The number of aromatic nitrogens is 4. The molecular formula is C16H15N7O3. The van der Waals surface area contributed by atoms with Crippen LogP contribution in [0.1, 0.15) is 11.4 Å². The highest BCUT2D eigenvalue weighted by molar-refractivity contribution is 5.72. The fourth-order valence-electron chi connectivity index (χ4n) is 2.28. The Labute approximate surface area is 148 Å². The fraction of sp³-hybridized carbons (Fsp3) is 0.125. The Balaban J connectivity index is 1.87. The summed E-state index contributed by atoms with van der Waals surface area (Å²) >= 11 is 0. The Morgan fingerprint density at radius 1 is 1.15 bits per heavy atom. The Hall–Kier alpha value is -3.82. The molecule has 0 radical (unpaired) electrons. The molecule has 3 rings (SSSR count). The van der Waals surface area contributed by atoms with Crippen LogP contribution in [0, 0.1) is 24.0 Å². The topological polar surface area (TPSA) is 142 Å². The summed E-state index contributed by atoms with van der Waals surface area (Å²) in [6.45, 7) is 3.69. The molecule has 0 saturated carbocycles. The second-order valence-corrected chi connectivity index (χ2v) is 5.40. The first-order valence-electron chi connectivity index (χ1n) is 7.54. The van der Waals surface area contributed by atoms with Gasteiger partial charge in [-0.2, -0.15) is 0 Å². The highest BCUT2D eigenvalue weighted by Gasteiger charge is 2.21. The van der Waals surface area contributed by atoms with Gasteiger partial charge in [0.1, 0.15) is 12.1 Å². The van der Waals surface area contributed by atoms with Crippen molar-refractivity contribution in [3.63, 3.8) is 0 Å². The summed E-state index contributed by atoms with van der Waals surface area (Å²) < 4.78 is 5.67. The lowest BCUT2D eigenvalue weighted by molar-refractivity contribution is -0.383. The molecule has 132 valence electrons. The Morgan fingerprint density at radius 3 is 2.58 bits per heavy atom. The maximum absolute atomic E-state index is 11.2. The van der Waals surface area contributed by atoms with E-state index in [1.54, 1.807) is 24.3 Å². The number of ether oxygens (including phenoxy) is 1. The predicted octanol–water partition coefficient (Wildman–Crippen LogP) is 2.91. The van der Waals surface area contributed by atoms with Crippen molar-refractivity contribution < 1.29 is 9.66 Å². The van der Waals surface area contributed by atoms with E-state index in [-0.39, 0.29) is 17.6 Å². The van der Waals surface area contributed by atoms with Crippen LogP contribution < -0.4 is 15.8 Å². The summed E-state index contributed by atoms with van der Waals surface area (Å²) in [6.07, 6.45) is 1.15. The second-order valence-electron chi connectivity index (χ2n) is 5.40. The van der Waals surface area contributed by atoms with Crippen LogP contribution in [0.2, 0.25) is 0 Å². The van der Waals surface area contributed by atoms with E-state index in [0.29, 0.717) is 11.4 Å². The van der Waals surface area contributed by atoms with Gasteiger partial charge in [0.15, 0.2) is 0 Å². The van der Waals surface area contributed by atoms with E-state index in [1.165, 1.54) is 0 Å². The second kappa shape index (κ2) is 6.97. The van der Waals surface area contributed by atoms with Crippen molar-refractivity contribution >= 4 is 23.0 Å². The highest BCUT2D eigenvalue weighted by Crippen LogP contribution is 2.30. The molecule has 0 aliphatic carbocycles. The maximum atomic E-state index is 11.2. The van der Waals surface area contributed by atoms with E-state index >= 15 is 0 Å². The SMILES string of the molecule is Cc1cc(C)nc(Oc2cccc(Nc3ncnc(N)c3[N+](=O)[O-])c2)n1. The molecule has 0 bridgehead atoms. The van der Waals surface area contributed by atoms with Crippen LogP contribution in [0.3, 0.4) is 0 Å². The summed E-state index contributed by atoms with van der Waals surface area (Å²) in [4.78, 5) is 26.5. The van der Waals surface area contributed by atoms with Gasteiger partial charge in [-0.25, -0.2) is 19.9 Å². The Bertz CT molecular complexity index is 958. The molecule has 10 nitrogen and oxygen atoms in total. The Morgan fingerprint density at radius 2 is 1.88 bits per heavy atom. The molecule has 0 aliphatic heterocycles. The first-order chi connectivity index (χ1) is 12.4. The van der Waals surface area contributed by atoms with E-state index < -0.39 is 10.6 Å². The number of aryl methyl sites for hydroxylation is 2.